The Balaban J connectivity index is 2.07. The van der Waals surface area contributed by atoms with Crippen LogP contribution in [-0.2, 0) is 13.2 Å². The van der Waals surface area contributed by atoms with Crippen LogP contribution in [0.1, 0.15) is 11.1 Å². The van der Waals surface area contributed by atoms with Gasteiger partial charge in [-0.05, 0) is 42.9 Å². The molecule has 21 heavy (non-hydrogen) atoms. The van der Waals surface area contributed by atoms with Crippen LogP contribution in [0.3, 0.4) is 0 Å². The Labute approximate surface area is 125 Å². The lowest BCUT2D eigenvalue weighted by atomic mass is 10.2. The van der Waals surface area contributed by atoms with Gasteiger partial charge in [-0.15, -0.1) is 0 Å². The van der Waals surface area contributed by atoms with Crippen molar-refractivity contribution in [2.75, 3.05) is 21.3 Å². The van der Waals surface area contributed by atoms with Crippen molar-refractivity contribution in [2.24, 2.45) is 0 Å². The highest BCUT2D eigenvalue weighted by molar-refractivity contribution is 5.40. The average Bonchev–Trinajstić information content (AvgIpc) is 2.54. The van der Waals surface area contributed by atoms with Crippen molar-refractivity contribution < 1.29 is 14.2 Å². The molecule has 0 saturated carbocycles. The van der Waals surface area contributed by atoms with E-state index in [9.17, 15) is 0 Å². The Kier molecular flexibility index (Phi) is 5.46. The number of benzene rings is 2. The first kappa shape index (κ1) is 15.2. The second-order valence-electron chi connectivity index (χ2n) is 4.64. The van der Waals surface area contributed by atoms with Crippen LogP contribution in [0.5, 0.6) is 17.2 Å². The predicted molar refractivity (Wildman–Crippen MR) is 83.1 cm³/mol. The first-order valence-electron chi connectivity index (χ1n) is 6.84. The van der Waals surface area contributed by atoms with Gasteiger partial charge in [-0.25, -0.2) is 0 Å². The van der Waals surface area contributed by atoms with Crippen LogP contribution in [-0.4, -0.2) is 21.3 Å². The largest absolute Gasteiger partial charge is 0.497 e. The lowest BCUT2D eigenvalue weighted by Crippen LogP contribution is -2.08. The summed E-state index contributed by atoms with van der Waals surface area (Å²) in [7, 11) is 5.23. The zero-order valence-corrected chi connectivity index (χ0v) is 12.7. The number of ether oxygens (including phenoxy) is 3. The zero-order valence-electron chi connectivity index (χ0n) is 12.7. The van der Waals surface area contributed by atoms with Gasteiger partial charge in [0, 0.05) is 12.1 Å². The number of rotatable bonds is 7. The van der Waals surface area contributed by atoms with Gasteiger partial charge in [0.05, 0.1) is 14.2 Å². The van der Waals surface area contributed by atoms with Gasteiger partial charge in [0.1, 0.15) is 23.9 Å². The summed E-state index contributed by atoms with van der Waals surface area (Å²) in [5, 5.41) is 3.14. The van der Waals surface area contributed by atoms with Crippen molar-refractivity contribution in [3.63, 3.8) is 0 Å². The quantitative estimate of drug-likeness (QED) is 0.850. The molecule has 0 aliphatic rings. The molecule has 0 fully saturated rings. The molecule has 0 amide bonds. The fraction of sp³-hybridized carbons (Fsp3) is 0.294. The standard InChI is InChI=1S/C17H21NO3/c1-18-11-14-10-16(20-3)8-9-17(14)21-12-13-4-6-15(19-2)7-5-13/h4-10,18H,11-12H2,1-3H3. The fourth-order valence-corrected chi connectivity index (χ4v) is 2.04. The molecule has 0 atom stereocenters. The van der Waals surface area contributed by atoms with E-state index >= 15 is 0 Å². The maximum atomic E-state index is 5.91. The van der Waals surface area contributed by atoms with E-state index in [1.54, 1.807) is 14.2 Å². The minimum atomic E-state index is 0.521. The van der Waals surface area contributed by atoms with Crippen LogP contribution in [0, 0.1) is 0 Å². The molecular formula is C17H21NO3. The van der Waals surface area contributed by atoms with E-state index in [0.29, 0.717) is 6.61 Å². The molecule has 2 aromatic carbocycles. The van der Waals surface area contributed by atoms with Gasteiger partial charge < -0.3 is 19.5 Å². The Morgan fingerprint density at radius 3 is 2.19 bits per heavy atom. The zero-order chi connectivity index (χ0) is 15.1. The van der Waals surface area contributed by atoms with E-state index in [1.165, 1.54) is 0 Å². The number of hydrogen-bond acceptors (Lipinski definition) is 4. The molecule has 0 saturated heterocycles. The molecule has 2 rings (SSSR count). The molecule has 1 N–H and O–H groups in total. The van der Waals surface area contributed by atoms with E-state index < -0.39 is 0 Å². The molecule has 4 nitrogen and oxygen atoms in total. The highest BCUT2D eigenvalue weighted by atomic mass is 16.5. The van der Waals surface area contributed by atoms with E-state index in [2.05, 4.69) is 5.32 Å². The first-order valence-corrected chi connectivity index (χ1v) is 6.84. The van der Waals surface area contributed by atoms with E-state index in [0.717, 1.165) is 34.9 Å². The summed E-state index contributed by atoms with van der Waals surface area (Å²) in [6.07, 6.45) is 0. The van der Waals surface area contributed by atoms with Crippen LogP contribution in [0.4, 0.5) is 0 Å². The summed E-state index contributed by atoms with van der Waals surface area (Å²) in [6.45, 7) is 1.25. The third kappa shape index (κ3) is 4.13. The summed E-state index contributed by atoms with van der Waals surface area (Å²) in [4.78, 5) is 0. The highest BCUT2D eigenvalue weighted by Crippen LogP contribution is 2.25. The molecule has 2 aromatic rings. The van der Waals surface area contributed by atoms with Crippen LogP contribution >= 0.6 is 0 Å². The molecule has 0 bridgehead atoms. The van der Waals surface area contributed by atoms with Crippen molar-refractivity contribution in [3.8, 4) is 17.2 Å². The minimum Gasteiger partial charge on any atom is -0.497 e. The van der Waals surface area contributed by atoms with Gasteiger partial charge in [-0.1, -0.05) is 12.1 Å². The SMILES string of the molecule is CNCc1cc(OC)ccc1OCc1ccc(OC)cc1. The molecule has 0 spiro atoms. The Morgan fingerprint density at radius 2 is 1.57 bits per heavy atom. The van der Waals surface area contributed by atoms with Gasteiger partial charge in [0.25, 0.3) is 0 Å². The van der Waals surface area contributed by atoms with Gasteiger partial charge in [-0.2, -0.15) is 0 Å². The number of hydrogen-bond donors (Lipinski definition) is 1. The fourth-order valence-electron chi connectivity index (χ4n) is 2.04. The van der Waals surface area contributed by atoms with Crippen molar-refractivity contribution >= 4 is 0 Å². The molecule has 0 radical (unpaired) electrons. The van der Waals surface area contributed by atoms with Gasteiger partial charge in [0.2, 0.25) is 0 Å². The molecule has 0 unspecified atom stereocenters. The summed E-state index contributed by atoms with van der Waals surface area (Å²) < 4.78 is 16.3. The lowest BCUT2D eigenvalue weighted by molar-refractivity contribution is 0.301. The Bertz CT molecular complexity index is 567. The summed E-state index contributed by atoms with van der Waals surface area (Å²) in [6, 6.07) is 13.7. The molecule has 112 valence electrons. The lowest BCUT2D eigenvalue weighted by Gasteiger charge is -2.13. The van der Waals surface area contributed by atoms with Crippen LogP contribution in [0.2, 0.25) is 0 Å². The third-order valence-corrected chi connectivity index (χ3v) is 3.19. The van der Waals surface area contributed by atoms with E-state index in [1.807, 2.05) is 49.5 Å². The van der Waals surface area contributed by atoms with Crippen molar-refractivity contribution in [1.82, 2.24) is 5.32 Å². The molecule has 0 heterocycles. The van der Waals surface area contributed by atoms with Crippen LogP contribution in [0.15, 0.2) is 42.5 Å². The third-order valence-electron chi connectivity index (χ3n) is 3.19. The molecule has 0 aliphatic heterocycles. The number of methoxy groups -OCH3 is 2. The molecule has 4 heteroatoms. The maximum Gasteiger partial charge on any atom is 0.124 e. The first-order chi connectivity index (χ1) is 10.3. The van der Waals surface area contributed by atoms with E-state index in [4.69, 9.17) is 14.2 Å². The Hall–Kier alpha value is -2.20. The van der Waals surface area contributed by atoms with Gasteiger partial charge in [0.15, 0.2) is 0 Å². The summed E-state index contributed by atoms with van der Waals surface area (Å²) in [5.74, 6) is 2.54. The monoisotopic (exact) mass is 287 g/mol. The van der Waals surface area contributed by atoms with E-state index in [-0.39, 0.29) is 0 Å². The predicted octanol–water partition coefficient (Wildman–Crippen LogP) is 3.00. The van der Waals surface area contributed by atoms with Crippen molar-refractivity contribution in [3.05, 3.63) is 53.6 Å². The smallest absolute Gasteiger partial charge is 0.124 e. The second kappa shape index (κ2) is 7.55. The van der Waals surface area contributed by atoms with Crippen LogP contribution in [0.25, 0.3) is 0 Å². The normalized spacial score (nSPS) is 10.2. The van der Waals surface area contributed by atoms with Crippen molar-refractivity contribution in [1.29, 1.82) is 0 Å². The average molecular weight is 287 g/mol. The minimum absolute atomic E-state index is 0.521. The van der Waals surface area contributed by atoms with Crippen molar-refractivity contribution in [2.45, 2.75) is 13.2 Å². The highest BCUT2D eigenvalue weighted by Gasteiger charge is 2.06. The topological polar surface area (TPSA) is 39.7 Å². The summed E-state index contributed by atoms with van der Waals surface area (Å²) >= 11 is 0. The molecule has 0 aromatic heterocycles. The van der Waals surface area contributed by atoms with Gasteiger partial charge in [-0.3, -0.25) is 0 Å². The van der Waals surface area contributed by atoms with Crippen LogP contribution < -0.4 is 19.5 Å². The van der Waals surface area contributed by atoms with Gasteiger partial charge >= 0.3 is 0 Å². The summed E-state index contributed by atoms with van der Waals surface area (Å²) in [5.41, 5.74) is 2.17. The molecular weight excluding hydrogens is 266 g/mol. The molecule has 0 aliphatic carbocycles. The number of nitrogens with one attached hydrogen (secondary N) is 1. The maximum absolute atomic E-state index is 5.91. The Morgan fingerprint density at radius 1 is 0.905 bits per heavy atom. The second-order valence-corrected chi connectivity index (χ2v) is 4.64.